The molecule has 6 heteroatoms. The topological polar surface area (TPSA) is 81.9 Å². The molecule has 0 bridgehead atoms. The second-order valence-electron chi connectivity index (χ2n) is 4.65. The zero-order chi connectivity index (χ0) is 14.7. The molecule has 1 unspecified atom stereocenters. The molecule has 0 saturated carbocycles. The minimum atomic E-state index is -0.590. The van der Waals surface area contributed by atoms with Gasteiger partial charge in [0.25, 0.3) is 0 Å². The molecular weight excluding hydrogens is 260 g/mol. The van der Waals surface area contributed by atoms with Crippen molar-refractivity contribution in [3.63, 3.8) is 0 Å². The molecule has 108 valence electrons. The molecule has 1 saturated heterocycles. The third-order valence-electron chi connectivity index (χ3n) is 3.34. The quantitative estimate of drug-likeness (QED) is 0.819. The van der Waals surface area contributed by atoms with Gasteiger partial charge in [0.1, 0.15) is 0 Å². The van der Waals surface area contributed by atoms with Crippen molar-refractivity contribution in [3.05, 3.63) is 23.8 Å². The number of rotatable bonds is 4. The lowest BCUT2D eigenvalue weighted by atomic mass is 10.0. The van der Waals surface area contributed by atoms with Crippen molar-refractivity contribution in [1.82, 2.24) is 4.90 Å². The van der Waals surface area contributed by atoms with E-state index in [1.165, 1.54) is 12.0 Å². The monoisotopic (exact) mass is 278 g/mol. The Morgan fingerprint density at radius 2 is 1.95 bits per heavy atom. The van der Waals surface area contributed by atoms with Crippen LogP contribution in [0.1, 0.15) is 18.4 Å². The van der Waals surface area contributed by atoms with Crippen LogP contribution in [-0.2, 0) is 16.1 Å². The molecule has 6 nitrogen and oxygen atoms in total. The fourth-order valence-corrected chi connectivity index (χ4v) is 2.19. The van der Waals surface area contributed by atoms with E-state index in [9.17, 15) is 9.59 Å². The summed E-state index contributed by atoms with van der Waals surface area (Å²) in [6.07, 6.45) is 0.723. The molecule has 2 amide bonds. The van der Waals surface area contributed by atoms with Gasteiger partial charge in [-0.3, -0.25) is 14.5 Å². The Labute approximate surface area is 117 Å². The zero-order valence-corrected chi connectivity index (χ0v) is 11.6. The number of hydrogen-bond donors (Lipinski definition) is 1. The molecule has 0 aliphatic carbocycles. The molecule has 20 heavy (non-hydrogen) atoms. The van der Waals surface area contributed by atoms with Gasteiger partial charge >= 0.3 is 0 Å². The van der Waals surface area contributed by atoms with Crippen LogP contribution in [0, 0.1) is 0 Å². The highest BCUT2D eigenvalue weighted by molar-refractivity contribution is 6.00. The van der Waals surface area contributed by atoms with Crippen LogP contribution >= 0.6 is 0 Å². The van der Waals surface area contributed by atoms with Crippen LogP contribution in [0.4, 0.5) is 0 Å². The summed E-state index contributed by atoms with van der Waals surface area (Å²) in [6.45, 7) is 0.200. The van der Waals surface area contributed by atoms with Gasteiger partial charge in [-0.25, -0.2) is 0 Å². The second kappa shape index (κ2) is 5.92. The fourth-order valence-electron chi connectivity index (χ4n) is 2.19. The number of nitrogens with zero attached hydrogens (tertiary/aromatic N) is 1. The Hall–Kier alpha value is -2.08. The minimum absolute atomic E-state index is 0.188. The lowest BCUT2D eigenvalue weighted by Crippen LogP contribution is -2.50. The number of methoxy groups -OCH3 is 2. The lowest BCUT2D eigenvalue weighted by molar-refractivity contribution is -0.149. The van der Waals surface area contributed by atoms with Gasteiger partial charge in [0, 0.05) is 6.42 Å². The lowest BCUT2D eigenvalue weighted by Gasteiger charge is -2.28. The number of benzene rings is 1. The summed E-state index contributed by atoms with van der Waals surface area (Å²) in [6, 6.07) is 4.70. The number of carbonyl (C=O) groups excluding carboxylic acids is 2. The normalized spacial score (nSPS) is 19.1. The van der Waals surface area contributed by atoms with Gasteiger partial charge in [0.2, 0.25) is 11.8 Å². The maximum atomic E-state index is 11.9. The maximum Gasteiger partial charge on any atom is 0.246 e. The highest BCUT2D eigenvalue weighted by Crippen LogP contribution is 2.28. The van der Waals surface area contributed by atoms with Gasteiger partial charge in [-0.05, 0) is 24.1 Å². The number of amides is 2. The molecule has 0 aromatic heterocycles. The summed E-state index contributed by atoms with van der Waals surface area (Å²) in [5.41, 5.74) is 6.49. The van der Waals surface area contributed by atoms with Gasteiger partial charge in [-0.1, -0.05) is 6.07 Å². The molecule has 1 aromatic carbocycles. The van der Waals surface area contributed by atoms with Gasteiger partial charge < -0.3 is 15.2 Å². The first-order valence-electron chi connectivity index (χ1n) is 6.37. The first kappa shape index (κ1) is 14.3. The van der Waals surface area contributed by atoms with Crippen LogP contribution in [0.15, 0.2) is 18.2 Å². The maximum absolute atomic E-state index is 11.9. The largest absolute Gasteiger partial charge is 0.493 e. The van der Waals surface area contributed by atoms with Crippen molar-refractivity contribution in [1.29, 1.82) is 0 Å². The number of carbonyl (C=O) groups is 2. The van der Waals surface area contributed by atoms with Crippen LogP contribution in [-0.4, -0.2) is 37.0 Å². The number of nitrogens with two attached hydrogens (primary N) is 1. The number of hydrogen-bond acceptors (Lipinski definition) is 5. The van der Waals surface area contributed by atoms with E-state index in [1.54, 1.807) is 25.3 Å². The molecule has 1 fully saturated rings. The number of piperidine rings is 1. The standard InChI is InChI=1S/C14H18N2O4/c1-19-11-5-3-9(7-12(11)20-2)8-16-13(17)6-4-10(15)14(16)18/h3,5,7,10H,4,6,8,15H2,1-2H3. The average molecular weight is 278 g/mol. The van der Waals surface area contributed by atoms with E-state index in [0.717, 1.165) is 5.56 Å². The molecule has 1 aliphatic heterocycles. The summed E-state index contributed by atoms with van der Waals surface area (Å²) < 4.78 is 10.4. The Morgan fingerprint density at radius 1 is 1.25 bits per heavy atom. The van der Waals surface area contributed by atoms with Gasteiger partial charge in [-0.2, -0.15) is 0 Å². The fraction of sp³-hybridized carbons (Fsp3) is 0.429. The number of ether oxygens (including phenoxy) is 2. The number of likely N-dealkylation sites (tertiary alicyclic amines) is 1. The summed E-state index contributed by atoms with van der Waals surface area (Å²) >= 11 is 0. The van der Waals surface area contributed by atoms with Crippen molar-refractivity contribution in [2.24, 2.45) is 5.73 Å². The second-order valence-corrected chi connectivity index (χ2v) is 4.65. The molecule has 1 atom stereocenters. The summed E-state index contributed by atoms with van der Waals surface area (Å²) in [5, 5.41) is 0. The van der Waals surface area contributed by atoms with Gasteiger partial charge in [-0.15, -0.1) is 0 Å². The van der Waals surface area contributed by atoms with Crippen LogP contribution in [0.5, 0.6) is 11.5 Å². The molecule has 1 aromatic rings. The number of imide groups is 1. The van der Waals surface area contributed by atoms with Crippen molar-refractivity contribution >= 4 is 11.8 Å². The highest BCUT2D eigenvalue weighted by Gasteiger charge is 2.31. The third-order valence-corrected chi connectivity index (χ3v) is 3.34. The Kier molecular flexibility index (Phi) is 4.24. The van der Waals surface area contributed by atoms with E-state index in [4.69, 9.17) is 15.2 Å². The first-order valence-corrected chi connectivity index (χ1v) is 6.37. The first-order chi connectivity index (χ1) is 9.56. The van der Waals surface area contributed by atoms with Gasteiger partial charge in [0.05, 0.1) is 26.8 Å². The van der Waals surface area contributed by atoms with Crippen molar-refractivity contribution in [2.45, 2.75) is 25.4 Å². The molecule has 1 heterocycles. The zero-order valence-electron chi connectivity index (χ0n) is 11.6. The Morgan fingerprint density at radius 3 is 2.60 bits per heavy atom. The van der Waals surface area contributed by atoms with Crippen molar-refractivity contribution < 1.29 is 19.1 Å². The molecule has 0 radical (unpaired) electrons. The van der Waals surface area contributed by atoms with E-state index in [1.807, 2.05) is 0 Å². The predicted molar refractivity (Wildman–Crippen MR) is 72.3 cm³/mol. The molecule has 0 spiro atoms. The van der Waals surface area contributed by atoms with E-state index in [-0.39, 0.29) is 18.4 Å². The molecule has 2 N–H and O–H groups in total. The SMILES string of the molecule is COc1ccc(CN2C(=O)CCC(N)C2=O)cc1OC. The summed E-state index contributed by atoms with van der Waals surface area (Å²) in [7, 11) is 3.09. The third kappa shape index (κ3) is 2.75. The summed E-state index contributed by atoms with van der Waals surface area (Å²) in [5.74, 6) is 0.651. The van der Waals surface area contributed by atoms with Crippen LogP contribution in [0.2, 0.25) is 0 Å². The minimum Gasteiger partial charge on any atom is -0.493 e. The van der Waals surface area contributed by atoms with Crippen molar-refractivity contribution in [2.75, 3.05) is 14.2 Å². The van der Waals surface area contributed by atoms with E-state index >= 15 is 0 Å². The van der Waals surface area contributed by atoms with E-state index < -0.39 is 6.04 Å². The van der Waals surface area contributed by atoms with Crippen LogP contribution in [0.3, 0.4) is 0 Å². The van der Waals surface area contributed by atoms with E-state index in [0.29, 0.717) is 24.3 Å². The Bertz CT molecular complexity index is 530. The molecule has 1 aliphatic rings. The van der Waals surface area contributed by atoms with Gasteiger partial charge in [0.15, 0.2) is 11.5 Å². The predicted octanol–water partition coefficient (Wildman–Crippen LogP) is 0.680. The summed E-state index contributed by atoms with van der Waals surface area (Å²) in [4.78, 5) is 25.0. The highest BCUT2D eigenvalue weighted by atomic mass is 16.5. The van der Waals surface area contributed by atoms with Crippen LogP contribution < -0.4 is 15.2 Å². The van der Waals surface area contributed by atoms with Crippen LogP contribution in [0.25, 0.3) is 0 Å². The average Bonchev–Trinajstić information content (AvgIpc) is 2.47. The molecular formula is C14H18N2O4. The smallest absolute Gasteiger partial charge is 0.246 e. The van der Waals surface area contributed by atoms with Crippen molar-refractivity contribution in [3.8, 4) is 11.5 Å². The Balaban J connectivity index is 2.20. The molecule has 2 rings (SSSR count). The van der Waals surface area contributed by atoms with E-state index in [2.05, 4.69) is 0 Å².